The van der Waals surface area contributed by atoms with Gasteiger partial charge in [0.1, 0.15) is 0 Å². The van der Waals surface area contributed by atoms with E-state index in [2.05, 4.69) is 19.9 Å². The largest absolute Gasteiger partial charge is 0.476 e. The van der Waals surface area contributed by atoms with Crippen LogP contribution in [-0.2, 0) is 18.9 Å². The van der Waals surface area contributed by atoms with Gasteiger partial charge < -0.3 is 18.9 Å². The van der Waals surface area contributed by atoms with E-state index in [9.17, 15) is 0 Å². The van der Waals surface area contributed by atoms with Crippen LogP contribution in [0.4, 0.5) is 0 Å². The van der Waals surface area contributed by atoms with Crippen molar-refractivity contribution in [2.45, 2.75) is 84.3 Å². The lowest BCUT2D eigenvalue weighted by atomic mass is 10.1. The Balaban J connectivity index is 3.57. The minimum absolute atomic E-state index is 0.00422. The predicted molar refractivity (Wildman–Crippen MR) is 95.3 cm³/mol. The molecule has 0 N–H and O–H groups in total. The molecule has 0 aromatic carbocycles. The Kier molecular flexibility index (Phi) is 19.0. The van der Waals surface area contributed by atoms with Gasteiger partial charge >= 0.3 is 0 Å². The molecule has 0 saturated heterocycles. The summed E-state index contributed by atoms with van der Waals surface area (Å²) >= 11 is 0. The molecule has 0 unspecified atom stereocenters. The van der Waals surface area contributed by atoms with Crippen LogP contribution in [0, 0.1) is 0 Å². The van der Waals surface area contributed by atoms with Crippen LogP contribution in [0.25, 0.3) is 0 Å². The lowest BCUT2D eigenvalue weighted by Crippen LogP contribution is -2.18. The standard InChI is InChI=1S/C19H38O4/c1-4-6-16-22-19(23-17-7-5-2)14-12-10-8-9-11-13-15-21-18-20-3/h13,15,19H,4-12,14,16-18H2,1-3H3. The maximum Gasteiger partial charge on any atom is 0.187 e. The van der Waals surface area contributed by atoms with E-state index in [0.717, 1.165) is 38.9 Å². The summed E-state index contributed by atoms with van der Waals surface area (Å²) in [7, 11) is 1.62. The summed E-state index contributed by atoms with van der Waals surface area (Å²) in [6.07, 6.45) is 15.3. The van der Waals surface area contributed by atoms with Gasteiger partial charge in [0.15, 0.2) is 13.1 Å². The first-order valence-corrected chi connectivity index (χ1v) is 9.33. The number of hydrogen-bond acceptors (Lipinski definition) is 4. The van der Waals surface area contributed by atoms with Crippen LogP contribution in [-0.4, -0.2) is 33.4 Å². The Morgan fingerprint density at radius 3 is 2.09 bits per heavy atom. The molecule has 0 saturated carbocycles. The number of unbranched alkanes of at least 4 members (excludes halogenated alkanes) is 6. The van der Waals surface area contributed by atoms with Crippen molar-refractivity contribution in [2.75, 3.05) is 27.1 Å². The van der Waals surface area contributed by atoms with Crippen molar-refractivity contribution >= 4 is 0 Å². The second-order valence-electron chi connectivity index (χ2n) is 5.81. The molecule has 0 bridgehead atoms. The summed E-state index contributed by atoms with van der Waals surface area (Å²) in [6.45, 7) is 6.34. The molecule has 0 heterocycles. The van der Waals surface area contributed by atoms with Crippen LogP contribution in [0.15, 0.2) is 12.3 Å². The van der Waals surface area contributed by atoms with E-state index in [1.807, 2.05) is 0 Å². The van der Waals surface area contributed by atoms with E-state index < -0.39 is 0 Å². The Hall–Kier alpha value is -0.580. The molecule has 0 atom stereocenters. The Morgan fingerprint density at radius 2 is 1.48 bits per heavy atom. The molecule has 0 aliphatic heterocycles. The first kappa shape index (κ1) is 22.4. The average molecular weight is 331 g/mol. The fourth-order valence-electron chi connectivity index (χ4n) is 2.10. The Labute approximate surface area is 143 Å². The van der Waals surface area contributed by atoms with Crippen LogP contribution in [0.1, 0.15) is 78.1 Å². The summed E-state index contributed by atoms with van der Waals surface area (Å²) in [5, 5.41) is 0. The highest BCUT2D eigenvalue weighted by Gasteiger charge is 2.08. The SMILES string of the molecule is CCCCOC(CCCCCCC=COCOC)OCCCC. The molecule has 138 valence electrons. The monoisotopic (exact) mass is 330 g/mol. The molecule has 0 fully saturated rings. The smallest absolute Gasteiger partial charge is 0.187 e. The molecule has 0 aromatic heterocycles. The van der Waals surface area contributed by atoms with Crippen molar-refractivity contribution in [1.82, 2.24) is 0 Å². The van der Waals surface area contributed by atoms with E-state index in [-0.39, 0.29) is 6.29 Å². The zero-order valence-corrected chi connectivity index (χ0v) is 15.6. The van der Waals surface area contributed by atoms with Gasteiger partial charge in [0, 0.05) is 20.3 Å². The minimum atomic E-state index is -0.00422. The van der Waals surface area contributed by atoms with Crippen LogP contribution in [0.3, 0.4) is 0 Å². The highest BCUT2D eigenvalue weighted by Crippen LogP contribution is 2.12. The molecule has 0 spiro atoms. The van der Waals surface area contributed by atoms with Gasteiger partial charge in [0.2, 0.25) is 0 Å². The second-order valence-corrected chi connectivity index (χ2v) is 5.81. The summed E-state index contributed by atoms with van der Waals surface area (Å²) in [5.41, 5.74) is 0. The molecule has 0 radical (unpaired) electrons. The van der Waals surface area contributed by atoms with Gasteiger partial charge in [-0.15, -0.1) is 0 Å². The van der Waals surface area contributed by atoms with Gasteiger partial charge in [-0.05, 0) is 44.6 Å². The molecule has 4 nitrogen and oxygen atoms in total. The highest BCUT2D eigenvalue weighted by molar-refractivity contribution is 4.72. The number of rotatable bonds is 18. The first-order chi connectivity index (χ1) is 11.3. The van der Waals surface area contributed by atoms with E-state index in [0.29, 0.717) is 6.79 Å². The summed E-state index contributed by atoms with van der Waals surface area (Å²) < 4.78 is 21.6. The van der Waals surface area contributed by atoms with Gasteiger partial charge in [0.25, 0.3) is 0 Å². The van der Waals surface area contributed by atoms with Crippen LogP contribution in [0.2, 0.25) is 0 Å². The van der Waals surface area contributed by atoms with Crippen molar-refractivity contribution in [2.24, 2.45) is 0 Å². The molecule has 0 aliphatic rings. The van der Waals surface area contributed by atoms with E-state index in [1.54, 1.807) is 13.4 Å². The van der Waals surface area contributed by atoms with Gasteiger partial charge in [-0.25, -0.2) is 0 Å². The Bertz CT molecular complexity index is 234. The molecule has 0 rings (SSSR count). The van der Waals surface area contributed by atoms with E-state index >= 15 is 0 Å². The maximum absolute atomic E-state index is 5.85. The Morgan fingerprint density at radius 1 is 0.826 bits per heavy atom. The third-order valence-corrected chi connectivity index (χ3v) is 3.54. The zero-order valence-electron chi connectivity index (χ0n) is 15.6. The minimum Gasteiger partial charge on any atom is -0.476 e. The average Bonchev–Trinajstić information content (AvgIpc) is 2.56. The number of hydrogen-bond donors (Lipinski definition) is 0. The van der Waals surface area contributed by atoms with Crippen molar-refractivity contribution in [3.05, 3.63) is 12.3 Å². The molecule has 4 heteroatoms. The van der Waals surface area contributed by atoms with Gasteiger partial charge in [-0.3, -0.25) is 0 Å². The van der Waals surface area contributed by atoms with Crippen molar-refractivity contribution in [3.8, 4) is 0 Å². The van der Waals surface area contributed by atoms with E-state index in [4.69, 9.17) is 18.9 Å². The number of ether oxygens (including phenoxy) is 4. The molecule has 23 heavy (non-hydrogen) atoms. The third-order valence-electron chi connectivity index (χ3n) is 3.54. The van der Waals surface area contributed by atoms with Crippen molar-refractivity contribution < 1.29 is 18.9 Å². The van der Waals surface area contributed by atoms with Crippen LogP contribution < -0.4 is 0 Å². The van der Waals surface area contributed by atoms with E-state index in [1.165, 1.54) is 38.5 Å². The fourth-order valence-corrected chi connectivity index (χ4v) is 2.10. The second kappa shape index (κ2) is 19.5. The third kappa shape index (κ3) is 17.6. The topological polar surface area (TPSA) is 36.9 Å². The van der Waals surface area contributed by atoms with Gasteiger partial charge in [-0.2, -0.15) is 0 Å². The van der Waals surface area contributed by atoms with Crippen molar-refractivity contribution in [3.63, 3.8) is 0 Å². The lowest BCUT2D eigenvalue weighted by Gasteiger charge is -2.18. The summed E-state index contributed by atoms with van der Waals surface area (Å²) in [4.78, 5) is 0. The summed E-state index contributed by atoms with van der Waals surface area (Å²) in [5.74, 6) is 0. The first-order valence-electron chi connectivity index (χ1n) is 9.33. The molecule has 0 aliphatic carbocycles. The zero-order chi connectivity index (χ0) is 17.0. The predicted octanol–water partition coefficient (Wildman–Crippen LogP) is 5.42. The molecule has 0 amide bonds. The highest BCUT2D eigenvalue weighted by atomic mass is 16.7. The quantitative estimate of drug-likeness (QED) is 0.191. The molecular formula is C19H38O4. The lowest BCUT2D eigenvalue weighted by molar-refractivity contribution is -0.147. The normalized spacial score (nSPS) is 11.7. The number of methoxy groups -OCH3 is 1. The number of allylic oxidation sites excluding steroid dienone is 1. The van der Waals surface area contributed by atoms with Crippen LogP contribution in [0.5, 0.6) is 0 Å². The summed E-state index contributed by atoms with van der Waals surface area (Å²) in [6, 6.07) is 0. The van der Waals surface area contributed by atoms with Crippen molar-refractivity contribution in [1.29, 1.82) is 0 Å². The molecule has 0 aromatic rings. The molecular weight excluding hydrogens is 292 g/mol. The van der Waals surface area contributed by atoms with Gasteiger partial charge in [-0.1, -0.05) is 39.5 Å². The van der Waals surface area contributed by atoms with Gasteiger partial charge in [0.05, 0.1) is 6.26 Å². The maximum atomic E-state index is 5.85. The fraction of sp³-hybridized carbons (Fsp3) is 0.895. The van der Waals surface area contributed by atoms with Crippen LogP contribution >= 0.6 is 0 Å².